The molecule has 0 unspecified atom stereocenters. The Morgan fingerprint density at radius 3 is 2.61 bits per heavy atom. The van der Waals surface area contributed by atoms with Gasteiger partial charge in [0.15, 0.2) is 17.5 Å². The minimum Gasteiger partial charge on any atom is -0.493 e. The molecule has 2 aromatic carbocycles. The minimum atomic E-state index is -0.355. The zero-order valence-electron chi connectivity index (χ0n) is 15.4. The quantitative estimate of drug-likeness (QED) is 0.309. The van der Waals surface area contributed by atoms with Crippen LogP contribution in [0.4, 0.5) is 10.1 Å². The first-order valence-electron chi connectivity index (χ1n) is 8.16. The maximum absolute atomic E-state index is 14.3. The summed E-state index contributed by atoms with van der Waals surface area (Å²) < 4.78 is 26.3. The topological polar surface area (TPSA) is 86.7 Å². The highest BCUT2D eigenvalue weighted by molar-refractivity contribution is 14.0. The van der Waals surface area contributed by atoms with E-state index in [1.54, 1.807) is 67.8 Å². The Labute approximate surface area is 179 Å². The fourth-order valence-electron chi connectivity index (χ4n) is 2.54. The molecule has 0 saturated heterocycles. The molecule has 0 radical (unpaired) electrons. The number of halogens is 2. The third-order valence-corrected chi connectivity index (χ3v) is 3.88. The highest BCUT2D eigenvalue weighted by atomic mass is 127. The predicted octanol–water partition coefficient (Wildman–Crippen LogP) is 3.57. The van der Waals surface area contributed by atoms with E-state index >= 15 is 0 Å². The Morgan fingerprint density at radius 2 is 1.96 bits per heavy atom. The van der Waals surface area contributed by atoms with Gasteiger partial charge in [-0.05, 0) is 29.8 Å². The average molecular weight is 497 g/mol. The molecule has 1 heterocycles. The van der Waals surface area contributed by atoms with Crippen molar-refractivity contribution in [3.05, 3.63) is 66.5 Å². The first kappa shape index (κ1) is 21.5. The normalized spacial score (nSPS) is 10.9. The Bertz CT molecular complexity index is 948. The summed E-state index contributed by atoms with van der Waals surface area (Å²) in [5.74, 6) is 1.05. The maximum atomic E-state index is 14.3. The summed E-state index contributed by atoms with van der Waals surface area (Å²) in [7, 11) is 3.12. The molecule has 3 aromatic rings. The van der Waals surface area contributed by atoms with Crippen molar-refractivity contribution in [2.75, 3.05) is 19.5 Å². The Morgan fingerprint density at radius 1 is 1.18 bits per heavy atom. The van der Waals surface area contributed by atoms with E-state index in [0.29, 0.717) is 28.4 Å². The second kappa shape index (κ2) is 9.93. The van der Waals surface area contributed by atoms with Crippen molar-refractivity contribution >= 4 is 35.6 Å². The van der Waals surface area contributed by atoms with E-state index in [9.17, 15) is 4.39 Å². The second-order valence-electron chi connectivity index (χ2n) is 5.65. The molecular formula is C19H21FIN5O2. The number of hydrogen-bond donors (Lipinski definition) is 2. The van der Waals surface area contributed by atoms with E-state index < -0.39 is 0 Å². The number of guanidine groups is 1. The number of methoxy groups -OCH3 is 2. The van der Waals surface area contributed by atoms with Crippen LogP contribution in [-0.4, -0.2) is 29.7 Å². The van der Waals surface area contributed by atoms with Crippen LogP contribution in [-0.2, 0) is 6.54 Å². The summed E-state index contributed by atoms with van der Waals surface area (Å²) >= 11 is 0. The summed E-state index contributed by atoms with van der Waals surface area (Å²) in [4.78, 5) is 8.16. The van der Waals surface area contributed by atoms with Crippen molar-refractivity contribution < 1.29 is 13.9 Å². The van der Waals surface area contributed by atoms with Gasteiger partial charge in [-0.2, -0.15) is 0 Å². The van der Waals surface area contributed by atoms with Gasteiger partial charge in [-0.15, -0.1) is 24.0 Å². The number of nitrogens with two attached hydrogens (primary N) is 1. The third kappa shape index (κ3) is 5.12. The number of aliphatic imine (C=N–C) groups is 1. The number of benzene rings is 2. The lowest BCUT2D eigenvalue weighted by Gasteiger charge is -2.11. The van der Waals surface area contributed by atoms with Crippen molar-refractivity contribution in [3.63, 3.8) is 0 Å². The smallest absolute Gasteiger partial charge is 0.193 e. The van der Waals surface area contributed by atoms with E-state index in [1.807, 2.05) is 0 Å². The first-order chi connectivity index (χ1) is 13.1. The van der Waals surface area contributed by atoms with Crippen molar-refractivity contribution in [1.29, 1.82) is 0 Å². The molecule has 0 amide bonds. The van der Waals surface area contributed by atoms with Crippen LogP contribution in [0, 0.1) is 5.82 Å². The molecule has 9 heteroatoms. The number of nitrogens with one attached hydrogen (secondary N) is 1. The van der Waals surface area contributed by atoms with Crippen LogP contribution in [0.2, 0.25) is 0 Å². The van der Waals surface area contributed by atoms with Gasteiger partial charge in [0.05, 0.1) is 32.8 Å². The molecule has 28 heavy (non-hydrogen) atoms. The van der Waals surface area contributed by atoms with E-state index in [4.69, 9.17) is 15.2 Å². The SMILES string of the molecule is COc1ccc(NC(N)=NCc2ccc(-n3ccnc3)c(F)c2)cc1OC.I. The number of ether oxygens (including phenoxy) is 2. The van der Waals surface area contributed by atoms with E-state index in [0.717, 1.165) is 0 Å². The van der Waals surface area contributed by atoms with Crippen LogP contribution in [0.5, 0.6) is 11.5 Å². The zero-order chi connectivity index (χ0) is 19.2. The van der Waals surface area contributed by atoms with Crippen LogP contribution < -0.4 is 20.5 Å². The fourth-order valence-corrected chi connectivity index (χ4v) is 2.54. The van der Waals surface area contributed by atoms with Crippen molar-refractivity contribution in [2.24, 2.45) is 10.7 Å². The van der Waals surface area contributed by atoms with Gasteiger partial charge in [0.2, 0.25) is 0 Å². The second-order valence-corrected chi connectivity index (χ2v) is 5.65. The Hall–Kier alpha value is -2.82. The van der Waals surface area contributed by atoms with Crippen molar-refractivity contribution in [1.82, 2.24) is 9.55 Å². The molecule has 0 atom stereocenters. The van der Waals surface area contributed by atoms with Crippen LogP contribution >= 0.6 is 24.0 Å². The third-order valence-electron chi connectivity index (χ3n) is 3.88. The standard InChI is InChI=1S/C19H20FN5O2.HI/c1-26-17-6-4-14(10-18(17)27-2)24-19(21)23-11-13-3-5-16(15(20)9-13)25-8-7-22-12-25;/h3-10,12H,11H2,1-2H3,(H3,21,23,24);1H. The van der Waals surface area contributed by atoms with Gasteiger partial charge in [-0.25, -0.2) is 14.4 Å². The molecule has 0 bridgehead atoms. The number of rotatable bonds is 6. The largest absolute Gasteiger partial charge is 0.493 e. The Balaban J connectivity index is 0.00000280. The molecule has 0 fully saturated rings. The Kier molecular flexibility index (Phi) is 7.61. The lowest BCUT2D eigenvalue weighted by Crippen LogP contribution is -2.22. The number of nitrogens with zero attached hydrogens (tertiary/aromatic N) is 3. The highest BCUT2D eigenvalue weighted by Crippen LogP contribution is 2.29. The summed E-state index contributed by atoms with van der Waals surface area (Å²) in [5, 5.41) is 2.97. The molecule has 3 rings (SSSR count). The number of anilines is 1. The molecule has 0 saturated carbocycles. The van der Waals surface area contributed by atoms with Gasteiger partial charge in [0.25, 0.3) is 0 Å². The summed E-state index contributed by atoms with van der Waals surface area (Å²) in [6.45, 7) is 0.243. The van der Waals surface area contributed by atoms with Gasteiger partial charge >= 0.3 is 0 Å². The lowest BCUT2D eigenvalue weighted by molar-refractivity contribution is 0.355. The van der Waals surface area contributed by atoms with Gasteiger partial charge in [-0.3, -0.25) is 0 Å². The molecule has 0 aliphatic rings. The van der Waals surface area contributed by atoms with Crippen LogP contribution in [0.3, 0.4) is 0 Å². The van der Waals surface area contributed by atoms with Crippen molar-refractivity contribution in [2.45, 2.75) is 6.54 Å². The molecule has 3 N–H and O–H groups in total. The number of imidazole rings is 1. The lowest BCUT2D eigenvalue weighted by atomic mass is 10.2. The minimum absolute atomic E-state index is 0. The van der Waals surface area contributed by atoms with E-state index in [2.05, 4.69) is 15.3 Å². The fraction of sp³-hybridized carbons (Fsp3) is 0.158. The molecule has 1 aromatic heterocycles. The first-order valence-corrected chi connectivity index (χ1v) is 8.16. The maximum Gasteiger partial charge on any atom is 0.193 e. The van der Waals surface area contributed by atoms with Gasteiger partial charge in [-0.1, -0.05) is 6.07 Å². The van der Waals surface area contributed by atoms with Gasteiger partial charge in [0.1, 0.15) is 5.82 Å². The van der Waals surface area contributed by atoms with Gasteiger partial charge in [0, 0.05) is 24.1 Å². The van der Waals surface area contributed by atoms with Crippen LogP contribution in [0.25, 0.3) is 5.69 Å². The number of aromatic nitrogens is 2. The molecule has 0 aliphatic carbocycles. The number of hydrogen-bond acceptors (Lipinski definition) is 4. The monoisotopic (exact) mass is 497 g/mol. The van der Waals surface area contributed by atoms with E-state index in [1.165, 1.54) is 6.07 Å². The molecule has 148 valence electrons. The predicted molar refractivity (Wildman–Crippen MR) is 117 cm³/mol. The molecular weight excluding hydrogens is 476 g/mol. The summed E-state index contributed by atoms with van der Waals surface area (Å²) in [6.07, 6.45) is 4.82. The summed E-state index contributed by atoms with van der Waals surface area (Å²) in [6, 6.07) is 10.2. The van der Waals surface area contributed by atoms with E-state index in [-0.39, 0.29) is 42.3 Å². The van der Waals surface area contributed by atoms with Gasteiger partial charge < -0.3 is 25.1 Å². The van der Waals surface area contributed by atoms with Crippen LogP contribution in [0.1, 0.15) is 5.56 Å². The van der Waals surface area contributed by atoms with Crippen molar-refractivity contribution in [3.8, 4) is 17.2 Å². The zero-order valence-corrected chi connectivity index (χ0v) is 17.8. The summed E-state index contributed by atoms with van der Waals surface area (Å²) in [5.41, 5.74) is 7.76. The molecule has 0 aliphatic heterocycles. The molecule has 0 spiro atoms. The van der Waals surface area contributed by atoms with Crippen LogP contribution in [0.15, 0.2) is 60.1 Å². The average Bonchev–Trinajstić information content (AvgIpc) is 3.20. The molecule has 7 nitrogen and oxygen atoms in total. The highest BCUT2D eigenvalue weighted by Gasteiger charge is 2.07.